The molecular formula is C27H21F3N8O2. The fraction of sp³-hybridized carbons (Fsp3) is 0.185. The number of aryl methyl sites for hydroxylation is 2. The van der Waals surface area contributed by atoms with Crippen molar-refractivity contribution in [3.8, 4) is 11.8 Å². The highest BCUT2D eigenvalue weighted by Gasteiger charge is 2.18. The Morgan fingerprint density at radius 3 is 2.62 bits per heavy atom. The Hall–Kier alpha value is -5.25. The van der Waals surface area contributed by atoms with Crippen LogP contribution in [0.2, 0.25) is 0 Å². The molecule has 0 saturated heterocycles. The third-order valence-electron chi connectivity index (χ3n) is 6.20. The Labute approximate surface area is 224 Å². The summed E-state index contributed by atoms with van der Waals surface area (Å²) in [6, 6.07) is 10.8. The molecule has 5 rings (SSSR count). The second-order valence-corrected chi connectivity index (χ2v) is 9.15. The van der Waals surface area contributed by atoms with Crippen molar-refractivity contribution in [3.63, 3.8) is 0 Å². The van der Waals surface area contributed by atoms with Crippen molar-refractivity contribution in [2.75, 3.05) is 5.32 Å². The second kappa shape index (κ2) is 10.5. The highest BCUT2D eigenvalue weighted by Crippen LogP contribution is 2.22. The average molecular weight is 547 g/mol. The van der Waals surface area contributed by atoms with E-state index in [1.807, 2.05) is 0 Å². The molecule has 0 saturated carbocycles. The zero-order valence-electron chi connectivity index (χ0n) is 21.3. The first kappa shape index (κ1) is 26.4. The summed E-state index contributed by atoms with van der Waals surface area (Å²) in [5, 5.41) is 16.9. The van der Waals surface area contributed by atoms with Crippen LogP contribution in [0.1, 0.15) is 22.3 Å². The van der Waals surface area contributed by atoms with Gasteiger partial charge in [-0.15, -0.1) is 0 Å². The van der Waals surface area contributed by atoms with E-state index in [2.05, 4.69) is 20.4 Å². The summed E-state index contributed by atoms with van der Waals surface area (Å²) < 4.78 is 43.0. The molecular weight excluding hydrogens is 525 g/mol. The van der Waals surface area contributed by atoms with Gasteiger partial charge in [0.05, 0.1) is 29.5 Å². The minimum absolute atomic E-state index is 0.117. The van der Waals surface area contributed by atoms with E-state index in [9.17, 15) is 28.0 Å². The van der Waals surface area contributed by atoms with Gasteiger partial charge < -0.3 is 5.32 Å². The summed E-state index contributed by atoms with van der Waals surface area (Å²) in [5.74, 6) is -0.808. The van der Waals surface area contributed by atoms with Crippen molar-refractivity contribution >= 4 is 22.5 Å². The maximum Gasteiger partial charge on any atom is 0.359 e. The average Bonchev–Trinajstić information content (AvgIpc) is 3.28. The molecule has 0 aliphatic carbocycles. The molecule has 13 heteroatoms. The van der Waals surface area contributed by atoms with Gasteiger partial charge in [-0.2, -0.15) is 15.3 Å². The molecule has 1 N–H and O–H groups in total. The van der Waals surface area contributed by atoms with E-state index in [1.165, 1.54) is 29.1 Å². The molecule has 0 spiro atoms. The number of nitriles is 1. The molecule has 3 aromatic heterocycles. The second-order valence-electron chi connectivity index (χ2n) is 9.15. The third kappa shape index (κ3) is 5.19. The SMILES string of the molecule is Cc1cncc(-n2c(=O)nc(Nc3ccc4nn(CC(F)F)cc4c3)n(Cc3cc(C#N)c(F)cc3C)c2=O)c1. The standard InChI is InChI=1S/C27H21F3N8O2/c1-15-5-21(11-32-10-15)38-26(39)34-25(33-20-3-4-23-19(8-20)12-36(35-23)14-24(29)30)37(27(38)40)13-18-7-17(9-31)22(28)6-16(18)2/h3-8,10-12,24H,13-14H2,1-2H3,(H,33,34,39). The van der Waals surface area contributed by atoms with Gasteiger partial charge in [-0.3, -0.25) is 14.2 Å². The fourth-order valence-electron chi connectivity index (χ4n) is 4.28. The molecule has 2 aromatic carbocycles. The number of fused-ring (bicyclic) bond motifs is 1. The van der Waals surface area contributed by atoms with Gasteiger partial charge in [-0.25, -0.2) is 27.3 Å². The maximum atomic E-state index is 14.2. The van der Waals surface area contributed by atoms with Crippen LogP contribution in [-0.2, 0) is 13.1 Å². The normalized spacial score (nSPS) is 11.2. The number of anilines is 2. The summed E-state index contributed by atoms with van der Waals surface area (Å²) in [4.78, 5) is 35.0. The molecule has 0 bridgehead atoms. The van der Waals surface area contributed by atoms with Gasteiger partial charge in [0.25, 0.3) is 6.43 Å². The minimum Gasteiger partial charge on any atom is -0.325 e. The predicted octanol–water partition coefficient (Wildman–Crippen LogP) is 3.82. The summed E-state index contributed by atoms with van der Waals surface area (Å²) in [6.07, 6.45) is 1.82. The summed E-state index contributed by atoms with van der Waals surface area (Å²) in [5.41, 5.74) is 0.948. The van der Waals surface area contributed by atoms with Crippen LogP contribution in [0, 0.1) is 31.0 Å². The molecule has 3 heterocycles. The topological polar surface area (TPSA) is 123 Å². The van der Waals surface area contributed by atoms with Gasteiger partial charge in [0.15, 0.2) is 0 Å². The zero-order valence-corrected chi connectivity index (χ0v) is 21.3. The van der Waals surface area contributed by atoms with Gasteiger partial charge in [0.1, 0.15) is 18.4 Å². The van der Waals surface area contributed by atoms with E-state index in [4.69, 9.17) is 0 Å². The van der Waals surface area contributed by atoms with Crippen molar-refractivity contribution in [3.05, 3.63) is 104 Å². The molecule has 0 fully saturated rings. The number of hydrogen-bond donors (Lipinski definition) is 1. The number of rotatable bonds is 7. The molecule has 202 valence electrons. The highest BCUT2D eigenvalue weighted by atomic mass is 19.3. The van der Waals surface area contributed by atoms with Crippen LogP contribution in [0.25, 0.3) is 16.6 Å². The van der Waals surface area contributed by atoms with Crippen molar-refractivity contribution in [1.82, 2.24) is 28.9 Å². The Kier molecular flexibility index (Phi) is 6.91. The summed E-state index contributed by atoms with van der Waals surface area (Å²) in [6.45, 7) is 2.68. The van der Waals surface area contributed by atoms with Crippen LogP contribution in [0.4, 0.5) is 24.8 Å². The van der Waals surface area contributed by atoms with E-state index in [1.54, 1.807) is 50.4 Å². The third-order valence-corrected chi connectivity index (χ3v) is 6.20. The molecule has 0 atom stereocenters. The van der Waals surface area contributed by atoms with Crippen LogP contribution in [0.15, 0.2) is 64.6 Å². The minimum atomic E-state index is -2.57. The number of nitrogens with one attached hydrogen (secondary N) is 1. The van der Waals surface area contributed by atoms with E-state index in [-0.39, 0.29) is 23.7 Å². The first-order valence-corrected chi connectivity index (χ1v) is 12.0. The highest BCUT2D eigenvalue weighted by molar-refractivity contribution is 5.82. The molecule has 0 aliphatic heterocycles. The van der Waals surface area contributed by atoms with Crippen LogP contribution in [0.3, 0.4) is 0 Å². The Morgan fingerprint density at radius 2 is 1.90 bits per heavy atom. The molecule has 5 aromatic rings. The van der Waals surface area contributed by atoms with Crippen LogP contribution >= 0.6 is 0 Å². The van der Waals surface area contributed by atoms with E-state index in [0.29, 0.717) is 33.3 Å². The Morgan fingerprint density at radius 1 is 1.10 bits per heavy atom. The number of aromatic nitrogens is 6. The first-order valence-electron chi connectivity index (χ1n) is 12.0. The van der Waals surface area contributed by atoms with Crippen molar-refractivity contribution in [2.24, 2.45) is 0 Å². The monoisotopic (exact) mass is 546 g/mol. The first-order chi connectivity index (χ1) is 19.1. The van der Waals surface area contributed by atoms with Crippen LogP contribution < -0.4 is 16.7 Å². The van der Waals surface area contributed by atoms with Crippen LogP contribution in [-0.4, -0.2) is 35.3 Å². The fourth-order valence-corrected chi connectivity index (χ4v) is 4.28. The maximum absolute atomic E-state index is 14.2. The Balaban J connectivity index is 1.64. The summed E-state index contributed by atoms with van der Waals surface area (Å²) >= 11 is 0. The predicted molar refractivity (Wildman–Crippen MR) is 141 cm³/mol. The number of pyridine rings is 1. The van der Waals surface area contributed by atoms with E-state index < -0.39 is 30.2 Å². The van der Waals surface area contributed by atoms with Crippen molar-refractivity contribution < 1.29 is 13.2 Å². The van der Waals surface area contributed by atoms with Crippen LogP contribution in [0.5, 0.6) is 0 Å². The van der Waals surface area contributed by atoms with Gasteiger partial charge in [0.2, 0.25) is 5.95 Å². The number of halogens is 3. The lowest BCUT2D eigenvalue weighted by atomic mass is 10.0. The van der Waals surface area contributed by atoms with Gasteiger partial charge in [-0.05, 0) is 66.9 Å². The molecule has 0 amide bonds. The molecule has 0 aliphatic rings. The molecule has 40 heavy (non-hydrogen) atoms. The van der Waals surface area contributed by atoms with E-state index >= 15 is 0 Å². The Bertz CT molecular complexity index is 1920. The number of nitrogens with zero attached hydrogens (tertiary/aromatic N) is 7. The summed E-state index contributed by atoms with van der Waals surface area (Å²) in [7, 11) is 0. The molecule has 0 radical (unpaired) electrons. The largest absolute Gasteiger partial charge is 0.359 e. The quantitative estimate of drug-likeness (QED) is 0.329. The van der Waals surface area contributed by atoms with Crippen molar-refractivity contribution in [1.29, 1.82) is 5.26 Å². The zero-order chi connectivity index (χ0) is 28.6. The van der Waals surface area contributed by atoms with Gasteiger partial charge in [0, 0.05) is 23.5 Å². The molecule has 0 unspecified atom stereocenters. The van der Waals surface area contributed by atoms with Gasteiger partial charge in [-0.1, -0.05) is 0 Å². The lowest BCUT2D eigenvalue weighted by molar-refractivity contribution is 0.122. The number of hydrogen-bond acceptors (Lipinski definition) is 7. The van der Waals surface area contributed by atoms with E-state index in [0.717, 1.165) is 9.25 Å². The molecule has 10 nitrogen and oxygen atoms in total. The number of alkyl halides is 2. The number of benzene rings is 2. The van der Waals surface area contributed by atoms with Gasteiger partial charge >= 0.3 is 11.4 Å². The smallest absolute Gasteiger partial charge is 0.325 e. The van der Waals surface area contributed by atoms with Crippen molar-refractivity contribution in [2.45, 2.75) is 33.4 Å². The lowest BCUT2D eigenvalue weighted by Crippen LogP contribution is -2.42. The lowest BCUT2D eigenvalue weighted by Gasteiger charge is -2.17.